The zero-order chi connectivity index (χ0) is 14.0. The van der Waals surface area contributed by atoms with Crippen molar-refractivity contribution >= 4 is 12.0 Å². The molecule has 1 aliphatic rings. The highest BCUT2D eigenvalue weighted by Gasteiger charge is 2.21. The summed E-state index contributed by atoms with van der Waals surface area (Å²) in [6, 6.07) is 6.69. The maximum atomic E-state index is 11.6. The van der Waals surface area contributed by atoms with Crippen LogP contribution in [-0.4, -0.2) is 13.1 Å². The Balaban J connectivity index is 2.33. The van der Waals surface area contributed by atoms with Gasteiger partial charge >= 0.3 is 5.97 Å². The molecule has 0 saturated heterocycles. The molecule has 1 aliphatic carbocycles. The Morgan fingerprint density at radius 3 is 2.58 bits per heavy atom. The summed E-state index contributed by atoms with van der Waals surface area (Å²) in [6.45, 7) is 6.33. The second-order valence-corrected chi connectivity index (χ2v) is 5.58. The van der Waals surface area contributed by atoms with E-state index in [0.29, 0.717) is 5.92 Å². The third kappa shape index (κ3) is 2.89. The van der Waals surface area contributed by atoms with Crippen LogP contribution in [0.15, 0.2) is 23.8 Å². The lowest BCUT2D eigenvalue weighted by molar-refractivity contribution is -0.143. The first-order chi connectivity index (χ1) is 9.02. The van der Waals surface area contributed by atoms with E-state index >= 15 is 0 Å². The maximum Gasteiger partial charge on any atom is 0.312 e. The molecule has 0 aromatic heterocycles. The molecule has 0 heterocycles. The molecule has 0 amide bonds. The van der Waals surface area contributed by atoms with Crippen LogP contribution in [0, 0.1) is 5.92 Å². The van der Waals surface area contributed by atoms with Gasteiger partial charge in [0.1, 0.15) is 0 Å². The highest BCUT2D eigenvalue weighted by atomic mass is 16.5. The topological polar surface area (TPSA) is 26.3 Å². The van der Waals surface area contributed by atoms with Crippen molar-refractivity contribution in [3.8, 4) is 0 Å². The minimum absolute atomic E-state index is 0.138. The van der Waals surface area contributed by atoms with Gasteiger partial charge in [0.05, 0.1) is 13.0 Å². The number of rotatable bonds is 3. The van der Waals surface area contributed by atoms with Crippen LogP contribution in [0.2, 0.25) is 0 Å². The van der Waals surface area contributed by atoms with Crippen molar-refractivity contribution in [3.63, 3.8) is 0 Å². The summed E-state index contributed by atoms with van der Waals surface area (Å²) in [4.78, 5) is 11.6. The van der Waals surface area contributed by atoms with Crippen molar-refractivity contribution in [1.29, 1.82) is 0 Å². The van der Waals surface area contributed by atoms with E-state index in [0.717, 1.165) is 12.8 Å². The molecule has 1 aromatic carbocycles. The van der Waals surface area contributed by atoms with Crippen LogP contribution in [-0.2, 0) is 16.0 Å². The van der Waals surface area contributed by atoms with Crippen LogP contribution < -0.4 is 0 Å². The molecule has 0 N–H and O–H groups in total. The third-order valence-electron chi connectivity index (χ3n) is 3.97. The lowest BCUT2D eigenvalue weighted by Crippen LogP contribution is -2.17. The second kappa shape index (κ2) is 5.60. The molecule has 1 unspecified atom stereocenters. The van der Waals surface area contributed by atoms with Crippen LogP contribution >= 0.6 is 0 Å². The van der Waals surface area contributed by atoms with Gasteiger partial charge in [0.2, 0.25) is 0 Å². The van der Waals surface area contributed by atoms with Gasteiger partial charge in [-0.2, -0.15) is 0 Å². The number of hydrogen-bond acceptors (Lipinski definition) is 2. The number of esters is 1. The van der Waals surface area contributed by atoms with Crippen molar-refractivity contribution in [2.24, 2.45) is 5.92 Å². The molecule has 2 nitrogen and oxygen atoms in total. The summed E-state index contributed by atoms with van der Waals surface area (Å²) in [5, 5.41) is 0. The predicted octanol–water partition coefficient (Wildman–Crippen LogP) is 3.95. The standard InChI is InChI=1S/C17H22O2/c1-11(2)14-7-5-13-6-8-15(10-16(13)9-14)12(3)17(18)19-4/h5,7,9-12H,6,8H2,1-4H3. The molecule has 2 rings (SSSR count). The Bertz CT molecular complexity index is 512. The minimum atomic E-state index is -0.144. The number of benzene rings is 1. The Morgan fingerprint density at radius 2 is 1.95 bits per heavy atom. The van der Waals surface area contributed by atoms with Gasteiger partial charge < -0.3 is 4.74 Å². The summed E-state index contributed by atoms with van der Waals surface area (Å²) < 4.78 is 4.84. The van der Waals surface area contributed by atoms with Crippen LogP contribution in [0.5, 0.6) is 0 Å². The monoisotopic (exact) mass is 258 g/mol. The summed E-state index contributed by atoms with van der Waals surface area (Å²) in [5.41, 5.74) is 5.18. The summed E-state index contributed by atoms with van der Waals surface area (Å²) in [5.74, 6) is 0.248. The van der Waals surface area contributed by atoms with Gasteiger partial charge in [-0.25, -0.2) is 0 Å². The summed E-state index contributed by atoms with van der Waals surface area (Å²) in [7, 11) is 1.45. The second-order valence-electron chi connectivity index (χ2n) is 5.58. The van der Waals surface area contributed by atoms with Gasteiger partial charge in [-0.3, -0.25) is 4.79 Å². The Morgan fingerprint density at radius 1 is 1.21 bits per heavy atom. The van der Waals surface area contributed by atoms with Crippen LogP contribution in [0.4, 0.5) is 0 Å². The van der Waals surface area contributed by atoms with Crippen molar-refractivity contribution in [2.75, 3.05) is 7.11 Å². The van der Waals surface area contributed by atoms with Crippen molar-refractivity contribution in [1.82, 2.24) is 0 Å². The number of carbonyl (C=O) groups excluding carboxylic acids is 1. The van der Waals surface area contributed by atoms with Gasteiger partial charge in [-0.1, -0.05) is 43.7 Å². The molecule has 102 valence electrons. The van der Waals surface area contributed by atoms with Crippen molar-refractivity contribution in [2.45, 2.75) is 39.5 Å². The number of ether oxygens (including phenoxy) is 1. The molecule has 0 fully saturated rings. The zero-order valence-electron chi connectivity index (χ0n) is 12.2. The quantitative estimate of drug-likeness (QED) is 0.767. The van der Waals surface area contributed by atoms with Crippen molar-refractivity contribution in [3.05, 3.63) is 40.5 Å². The largest absolute Gasteiger partial charge is 0.469 e. The molecule has 0 saturated carbocycles. The molecular formula is C17H22O2. The van der Waals surface area contributed by atoms with Gasteiger partial charge in [0, 0.05) is 0 Å². The first kappa shape index (κ1) is 13.9. The van der Waals surface area contributed by atoms with E-state index in [-0.39, 0.29) is 11.9 Å². The number of methoxy groups -OCH3 is 1. The minimum Gasteiger partial charge on any atom is -0.469 e. The number of hydrogen-bond donors (Lipinski definition) is 0. The first-order valence-corrected chi connectivity index (χ1v) is 6.94. The Hall–Kier alpha value is -1.57. The summed E-state index contributed by atoms with van der Waals surface area (Å²) >= 11 is 0. The normalized spacial score (nSPS) is 15.7. The third-order valence-corrected chi connectivity index (χ3v) is 3.97. The van der Waals surface area contributed by atoms with Gasteiger partial charge in [0.25, 0.3) is 0 Å². The highest BCUT2D eigenvalue weighted by Crippen LogP contribution is 2.30. The van der Waals surface area contributed by atoms with Crippen molar-refractivity contribution < 1.29 is 9.53 Å². The molecule has 2 heteroatoms. The van der Waals surface area contributed by atoms with E-state index in [1.165, 1.54) is 29.4 Å². The maximum absolute atomic E-state index is 11.6. The fourth-order valence-electron chi connectivity index (χ4n) is 2.56. The molecule has 1 atom stereocenters. The predicted molar refractivity (Wildman–Crippen MR) is 78.0 cm³/mol. The fraction of sp³-hybridized carbons (Fsp3) is 0.471. The first-order valence-electron chi connectivity index (χ1n) is 6.94. The number of aryl methyl sites for hydroxylation is 1. The van der Waals surface area contributed by atoms with Crippen LogP contribution in [0.25, 0.3) is 6.08 Å². The van der Waals surface area contributed by atoms with E-state index in [4.69, 9.17) is 4.74 Å². The zero-order valence-corrected chi connectivity index (χ0v) is 12.2. The molecule has 19 heavy (non-hydrogen) atoms. The van der Waals surface area contributed by atoms with Gasteiger partial charge in [-0.05, 0) is 42.4 Å². The van der Waals surface area contributed by atoms with E-state index in [1.807, 2.05) is 6.92 Å². The van der Waals surface area contributed by atoms with Gasteiger partial charge in [0.15, 0.2) is 0 Å². The van der Waals surface area contributed by atoms with Crippen LogP contribution in [0.3, 0.4) is 0 Å². The molecule has 0 bridgehead atoms. The van der Waals surface area contributed by atoms with E-state index in [2.05, 4.69) is 38.1 Å². The SMILES string of the molecule is COC(=O)C(C)C1=Cc2cc(C(C)C)ccc2CC1. The molecule has 0 aliphatic heterocycles. The highest BCUT2D eigenvalue weighted by molar-refractivity contribution is 5.78. The van der Waals surface area contributed by atoms with Crippen LogP contribution in [0.1, 0.15) is 49.8 Å². The smallest absolute Gasteiger partial charge is 0.312 e. The Kier molecular flexibility index (Phi) is 4.08. The Labute approximate surface area is 115 Å². The molecule has 0 spiro atoms. The molecule has 0 radical (unpaired) electrons. The molecule has 1 aromatic rings. The lowest BCUT2D eigenvalue weighted by atomic mass is 9.85. The lowest BCUT2D eigenvalue weighted by Gasteiger charge is -2.21. The average Bonchev–Trinajstić information content (AvgIpc) is 2.44. The van der Waals surface area contributed by atoms with E-state index in [9.17, 15) is 4.79 Å². The number of carbonyl (C=O) groups is 1. The fourth-order valence-corrected chi connectivity index (χ4v) is 2.56. The number of fused-ring (bicyclic) bond motifs is 1. The van der Waals surface area contributed by atoms with E-state index in [1.54, 1.807) is 0 Å². The van der Waals surface area contributed by atoms with E-state index < -0.39 is 0 Å². The summed E-state index contributed by atoms with van der Waals surface area (Å²) in [6.07, 6.45) is 4.14. The van der Waals surface area contributed by atoms with Gasteiger partial charge in [-0.15, -0.1) is 0 Å². The average molecular weight is 258 g/mol. The molecular weight excluding hydrogens is 236 g/mol.